The van der Waals surface area contributed by atoms with Crippen molar-refractivity contribution < 1.29 is 19.8 Å². The maximum atomic E-state index is 10.5. The van der Waals surface area contributed by atoms with Crippen LogP contribution < -0.4 is 0 Å². The summed E-state index contributed by atoms with van der Waals surface area (Å²) in [6.45, 7) is 0.526. The van der Waals surface area contributed by atoms with Crippen LogP contribution in [0.3, 0.4) is 0 Å². The molecule has 0 aromatic heterocycles. The molecular formula is C7H10N2O4. The van der Waals surface area contributed by atoms with Crippen molar-refractivity contribution in [3.8, 4) is 0 Å². The molecule has 0 saturated heterocycles. The molecule has 6 heteroatoms. The van der Waals surface area contributed by atoms with Gasteiger partial charge in [-0.1, -0.05) is 0 Å². The van der Waals surface area contributed by atoms with Crippen LogP contribution in [-0.4, -0.2) is 46.5 Å². The molecule has 0 amide bonds. The van der Waals surface area contributed by atoms with E-state index in [1.165, 1.54) is 5.01 Å². The average molecular weight is 186 g/mol. The second-order valence-corrected chi connectivity index (χ2v) is 2.73. The predicted octanol–water partition coefficient (Wildman–Crippen LogP) is -0.537. The molecule has 0 unspecified atom stereocenters. The van der Waals surface area contributed by atoms with Crippen molar-refractivity contribution >= 4 is 18.2 Å². The first kappa shape index (κ1) is 9.50. The standard InChI is InChI=1S/C7H10N2O4/c10-6(11)5(7(12)13)4-9-3-1-2-8-9/h2,5H,1,3-4H2,(H,10,11)(H,12,13). The maximum Gasteiger partial charge on any atom is 0.319 e. The highest BCUT2D eigenvalue weighted by Gasteiger charge is 2.28. The van der Waals surface area contributed by atoms with Crippen molar-refractivity contribution in [3.05, 3.63) is 0 Å². The van der Waals surface area contributed by atoms with Crippen molar-refractivity contribution in [2.24, 2.45) is 11.0 Å². The first-order chi connectivity index (χ1) is 6.11. The van der Waals surface area contributed by atoms with Gasteiger partial charge in [-0.3, -0.25) is 14.6 Å². The summed E-state index contributed by atoms with van der Waals surface area (Å²) in [6, 6.07) is 0. The third kappa shape index (κ3) is 2.43. The molecule has 0 aliphatic carbocycles. The third-order valence-electron chi connectivity index (χ3n) is 1.75. The van der Waals surface area contributed by atoms with Crippen molar-refractivity contribution in [1.29, 1.82) is 0 Å². The van der Waals surface area contributed by atoms with Gasteiger partial charge in [0, 0.05) is 19.2 Å². The van der Waals surface area contributed by atoms with Crippen LogP contribution in [-0.2, 0) is 9.59 Å². The summed E-state index contributed by atoms with van der Waals surface area (Å²) in [7, 11) is 0. The van der Waals surface area contributed by atoms with Crippen LogP contribution >= 0.6 is 0 Å². The molecule has 0 atom stereocenters. The van der Waals surface area contributed by atoms with E-state index < -0.39 is 17.9 Å². The summed E-state index contributed by atoms with van der Waals surface area (Å²) >= 11 is 0. The molecule has 1 aliphatic rings. The van der Waals surface area contributed by atoms with Crippen LogP contribution in [0.15, 0.2) is 5.10 Å². The van der Waals surface area contributed by atoms with Gasteiger partial charge in [0.2, 0.25) is 0 Å². The number of aliphatic carboxylic acids is 2. The van der Waals surface area contributed by atoms with Crippen molar-refractivity contribution in [2.75, 3.05) is 13.1 Å². The first-order valence-corrected chi connectivity index (χ1v) is 3.84. The molecule has 6 nitrogen and oxygen atoms in total. The van der Waals surface area contributed by atoms with Gasteiger partial charge in [-0.2, -0.15) is 5.10 Å². The molecule has 0 bridgehead atoms. The first-order valence-electron chi connectivity index (χ1n) is 3.84. The predicted molar refractivity (Wildman–Crippen MR) is 43.4 cm³/mol. The molecular weight excluding hydrogens is 176 g/mol. The SMILES string of the molecule is O=C(O)C(CN1CCC=N1)C(=O)O. The van der Waals surface area contributed by atoms with Gasteiger partial charge >= 0.3 is 11.9 Å². The number of carboxylic acids is 2. The number of hydrogen-bond acceptors (Lipinski definition) is 4. The van der Waals surface area contributed by atoms with E-state index in [1.54, 1.807) is 6.21 Å². The molecule has 1 rings (SSSR count). The minimum atomic E-state index is -1.39. The van der Waals surface area contributed by atoms with E-state index >= 15 is 0 Å². The number of nitrogens with zero attached hydrogens (tertiary/aromatic N) is 2. The van der Waals surface area contributed by atoms with E-state index in [0.29, 0.717) is 6.54 Å². The quantitative estimate of drug-likeness (QED) is 0.575. The Bertz CT molecular complexity index is 237. The topological polar surface area (TPSA) is 90.2 Å². The Hall–Kier alpha value is -1.59. The summed E-state index contributed by atoms with van der Waals surface area (Å²) in [5.41, 5.74) is 0. The molecule has 0 fully saturated rings. The lowest BCUT2D eigenvalue weighted by atomic mass is 10.1. The zero-order valence-corrected chi connectivity index (χ0v) is 6.88. The van der Waals surface area contributed by atoms with Gasteiger partial charge in [0.1, 0.15) is 0 Å². The Balaban J connectivity index is 2.51. The summed E-state index contributed by atoms with van der Waals surface area (Å²) < 4.78 is 0. The summed E-state index contributed by atoms with van der Waals surface area (Å²) in [5.74, 6) is -4.04. The van der Waals surface area contributed by atoms with Gasteiger partial charge in [0.15, 0.2) is 5.92 Å². The molecule has 1 aliphatic heterocycles. The molecule has 72 valence electrons. The van der Waals surface area contributed by atoms with Gasteiger partial charge in [0.25, 0.3) is 0 Å². The highest BCUT2D eigenvalue weighted by Crippen LogP contribution is 2.06. The van der Waals surface area contributed by atoms with Gasteiger partial charge in [-0.05, 0) is 0 Å². The number of hydrogen-bond donors (Lipinski definition) is 2. The maximum absolute atomic E-state index is 10.5. The summed E-state index contributed by atoms with van der Waals surface area (Å²) in [6.07, 6.45) is 2.38. The van der Waals surface area contributed by atoms with Crippen LogP contribution in [0.25, 0.3) is 0 Å². The number of rotatable bonds is 4. The smallest absolute Gasteiger partial charge is 0.319 e. The molecule has 1 heterocycles. The van der Waals surface area contributed by atoms with Crippen molar-refractivity contribution in [1.82, 2.24) is 5.01 Å². The Morgan fingerprint density at radius 3 is 2.46 bits per heavy atom. The summed E-state index contributed by atoms with van der Waals surface area (Å²) in [4.78, 5) is 20.9. The van der Waals surface area contributed by atoms with Crippen LogP contribution in [0.2, 0.25) is 0 Å². The van der Waals surface area contributed by atoms with Crippen LogP contribution in [0, 0.1) is 5.92 Å². The second kappa shape index (κ2) is 3.88. The Labute approximate surface area is 74.5 Å². The van der Waals surface area contributed by atoms with E-state index in [1.807, 2.05) is 0 Å². The lowest BCUT2D eigenvalue weighted by molar-refractivity contribution is -0.155. The Kier molecular flexibility index (Phi) is 2.84. The van der Waals surface area contributed by atoms with Gasteiger partial charge < -0.3 is 10.2 Å². The zero-order valence-electron chi connectivity index (χ0n) is 6.88. The fraction of sp³-hybridized carbons (Fsp3) is 0.571. The number of carbonyl (C=O) groups is 2. The van der Waals surface area contributed by atoms with E-state index in [9.17, 15) is 9.59 Å². The summed E-state index contributed by atoms with van der Waals surface area (Å²) in [5, 5.41) is 22.4. The van der Waals surface area contributed by atoms with E-state index in [0.717, 1.165) is 6.42 Å². The molecule has 0 spiro atoms. The lowest BCUT2D eigenvalue weighted by Crippen LogP contribution is -2.34. The van der Waals surface area contributed by atoms with Gasteiger partial charge in [-0.25, -0.2) is 0 Å². The highest BCUT2D eigenvalue weighted by molar-refractivity contribution is 5.93. The minimum absolute atomic E-state index is 0.0683. The number of carboxylic acid groups (broad SMARTS) is 2. The van der Waals surface area contributed by atoms with Gasteiger partial charge in [0.05, 0.1) is 6.54 Å². The molecule has 2 N–H and O–H groups in total. The number of hydrazone groups is 1. The second-order valence-electron chi connectivity index (χ2n) is 2.73. The lowest BCUT2D eigenvalue weighted by Gasteiger charge is -2.16. The molecule has 0 aromatic rings. The minimum Gasteiger partial charge on any atom is -0.481 e. The van der Waals surface area contributed by atoms with Gasteiger partial charge in [-0.15, -0.1) is 0 Å². The average Bonchev–Trinajstić information content (AvgIpc) is 2.50. The van der Waals surface area contributed by atoms with Crippen LogP contribution in [0.4, 0.5) is 0 Å². The monoisotopic (exact) mass is 186 g/mol. The normalized spacial score (nSPS) is 15.3. The molecule has 0 saturated carbocycles. The zero-order chi connectivity index (χ0) is 9.84. The van der Waals surface area contributed by atoms with E-state index in [2.05, 4.69) is 5.10 Å². The highest BCUT2D eigenvalue weighted by atomic mass is 16.4. The van der Waals surface area contributed by atoms with E-state index in [4.69, 9.17) is 10.2 Å². The van der Waals surface area contributed by atoms with Crippen LogP contribution in [0.5, 0.6) is 0 Å². The Morgan fingerprint density at radius 1 is 1.46 bits per heavy atom. The van der Waals surface area contributed by atoms with Crippen molar-refractivity contribution in [2.45, 2.75) is 6.42 Å². The largest absolute Gasteiger partial charge is 0.481 e. The van der Waals surface area contributed by atoms with E-state index in [-0.39, 0.29) is 6.54 Å². The van der Waals surface area contributed by atoms with Crippen LogP contribution in [0.1, 0.15) is 6.42 Å². The fourth-order valence-electron chi connectivity index (χ4n) is 1.05. The molecule has 0 radical (unpaired) electrons. The molecule has 13 heavy (non-hydrogen) atoms. The third-order valence-corrected chi connectivity index (χ3v) is 1.75. The molecule has 0 aromatic carbocycles. The fourth-order valence-corrected chi connectivity index (χ4v) is 1.05. The van der Waals surface area contributed by atoms with Crippen molar-refractivity contribution in [3.63, 3.8) is 0 Å². The Morgan fingerprint density at radius 2 is 2.08 bits per heavy atom.